The first-order chi connectivity index (χ1) is 17.8. The van der Waals surface area contributed by atoms with Crippen LogP contribution < -0.4 is 4.74 Å². The van der Waals surface area contributed by atoms with E-state index in [2.05, 4.69) is 10.00 Å². The van der Waals surface area contributed by atoms with Crippen molar-refractivity contribution in [3.63, 3.8) is 0 Å². The van der Waals surface area contributed by atoms with Gasteiger partial charge in [0.25, 0.3) is 5.91 Å². The molecule has 0 aliphatic carbocycles. The zero-order valence-corrected chi connectivity index (χ0v) is 21.9. The Bertz CT molecular complexity index is 1280. The van der Waals surface area contributed by atoms with Crippen LogP contribution in [0.15, 0.2) is 54.9 Å². The minimum Gasteiger partial charge on any atom is -0.497 e. The Morgan fingerprint density at radius 2 is 1.64 bits per heavy atom. The Morgan fingerprint density at radius 1 is 0.974 bits per heavy atom. The van der Waals surface area contributed by atoms with Crippen LogP contribution in [0, 0.1) is 0 Å². The molecule has 0 spiro atoms. The second-order valence-electron chi connectivity index (χ2n) is 9.26. The van der Waals surface area contributed by atoms with Gasteiger partial charge in [-0.15, -0.1) is 12.4 Å². The smallest absolute Gasteiger partial charge is 0.416 e. The third-order valence-corrected chi connectivity index (χ3v) is 6.46. The minimum atomic E-state index is -4.67. The van der Waals surface area contributed by atoms with Crippen molar-refractivity contribution in [2.75, 3.05) is 26.7 Å². The topological polar surface area (TPSA) is 50.6 Å². The van der Waals surface area contributed by atoms with E-state index in [9.17, 15) is 31.1 Å². The first-order valence-corrected chi connectivity index (χ1v) is 11.8. The molecular formula is C26H27ClF6N4O2. The summed E-state index contributed by atoms with van der Waals surface area (Å²) >= 11 is 0. The fraction of sp³-hybridized carbons (Fsp3) is 0.385. The van der Waals surface area contributed by atoms with Gasteiger partial charge in [-0.1, -0.05) is 12.1 Å². The molecule has 2 heterocycles. The van der Waals surface area contributed by atoms with Crippen LogP contribution in [0.2, 0.25) is 0 Å². The van der Waals surface area contributed by atoms with Crippen LogP contribution in [0.25, 0.3) is 0 Å². The number of aryl methyl sites for hydroxylation is 1. The summed E-state index contributed by atoms with van der Waals surface area (Å²) < 4.78 is 86.1. The van der Waals surface area contributed by atoms with Crippen molar-refractivity contribution in [2.24, 2.45) is 7.05 Å². The monoisotopic (exact) mass is 576 g/mol. The quantitative estimate of drug-likeness (QED) is 0.366. The predicted molar refractivity (Wildman–Crippen MR) is 134 cm³/mol. The second kappa shape index (κ2) is 11.9. The van der Waals surface area contributed by atoms with Crippen LogP contribution in [0.1, 0.15) is 32.6 Å². The van der Waals surface area contributed by atoms with E-state index in [0.717, 1.165) is 29.8 Å². The van der Waals surface area contributed by atoms with E-state index in [1.807, 2.05) is 6.20 Å². The van der Waals surface area contributed by atoms with Crippen molar-refractivity contribution in [1.29, 1.82) is 0 Å². The summed E-state index contributed by atoms with van der Waals surface area (Å²) in [6, 6.07) is 7.06. The number of alkyl halides is 6. The number of nitrogens with zero attached hydrogens (tertiary/aromatic N) is 4. The molecular weight excluding hydrogens is 550 g/mol. The molecule has 1 saturated heterocycles. The van der Waals surface area contributed by atoms with Gasteiger partial charge in [-0.3, -0.25) is 14.4 Å². The first-order valence-electron chi connectivity index (χ1n) is 11.8. The van der Waals surface area contributed by atoms with E-state index >= 15 is 0 Å². The molecule has 4 rings (SSSR count). The average molecular weight is 577 g/mol. The highest BCUT2D eigenvalue weighted by atomic mass is 35.5. The number of methoxy groups -OCH3 is 1. The van der Waals surface area contributed by atoms with Crippen LogP contribution in [0.3, 0.4) is 0 Å². The number of benzene rings is 2. The number of piperazine rings is 1. The maximum atomic E-state index is 13.5. The number of carbonyl (C=O) groups excluding carboxylic acids is 1. The molecule has 0 radical (unpaired) electrons. The fourth-order valence-electron chi connectivity index (χ4n) is 4.59. The van der Waals surface area contributed by atoms with Gasteiger partial charge in [0, 0.05) is 56.6 Å². The number of ether oxygens (including phenoxy) is 1. The van der Waals surface area contributed by atoms with Crippen LogP contribution >= 0.6 is 12.4 Å². The Kier molecular flexibility index (Phi) is 9.22. The largest absolute Gasteiger partial charge is 0.497 e. The molecule has 0 bridgehead atoms. The van der Waals surface area contributed by atoms with Gasteiger partial charge in [-0.25, -0.2) is 0 Å². The molecule has 212 valence electrons. The summed E-state index contributed by atoms with van der Waals surface area (Å²) in [6.07, 6.45) is -5.35. The van der Waals surface area contributed by atoms with Crippen molar-refractivity contribution in [3.8, 4) is 5.75 Å². The molecule has 1 aliphatic heterocycles. The molecule has 3 aromatic rings. The third-order valence-electron chi connectivity index (χ3n) is 6.46. The number of amides is 1. The molecule has 0 N–H and O–H groups in total. The van der Waals surface area contributed by atoms with Gasteiger partial charge in [0.2, 0.25) is 0 Å². The maximum Gasteiger partial charge on any atom is 0.416 e. The molecule has 39 heavy (non-hydrogen) atoms. The standard InChI is InChI=1S/C26H26F6N4O2.ClH/c1-34-14-18(13-33-34)15-35-7-8-36(22(16-35)9-17-3-5-20(6-4-17)25(27,28)29)24(37)19-10-21(26(30,31)32)12-23(11-19)38-2;/h3-6,10-14,22H,7-9,15-16H2,1-2H3;1H/t22-;/m1./s1. The van der Waals surface area contributed by atoms with E-state index < -0.39 is 35.4 Å². The summed E-state index contributed by atoms with van der Waals surface area (Å²) in [5.74, 6) is -0.704. The molecule has 1 aliphatic rings. The molecule has 1 atom stereocenters. The lowest BCUT2D eigenvalue weighted by Crippen LogP contribution is -2.55. The van der Waals surface area contributed by atoms with Gasteiger partial charge in [0.15, 0.2) is 0 Å². The lowest BCUT2D eigenvalue weighted by molar-refractivity contribution is -0.138. The molecule has 1 amide bonds. The van der Waals surface area contributed by atoms with Crippen molar-refractivity contribution < 1.29 is 35.9 Å². The summed E-state index contributed by atoms with van der Waals surface area (Å²) in [4.78, 5) is 17.1. The lowest BCUT2D eigenvalue weighted by atomic mass is 9.99. The number of hydrogen-bond donors (Lipinski definition) is 0. The van der Waals surface area contributed by atoms with Gasteiger partial charge in [-0.05, 0) is 42.3 Å². The Labute approximate surface area is 227 Å². The number of halogens is 7. The minimum absolute atomic E-state index is 0. The van der Waals surface area contributed by atoms with Crippen molar-refractivity contribution >= 4 is 18.3 Å². The highest BCUT2D eigenvalue weighted by Crippen LogP contribution is 2.34. The maximum absolute atomic E-state index is 13.5. The lowest BCUT2D eigenvalue weighted by Gasteiger charge is -2.41. The summed E-state index contributed by atoms with van der Waals surface area (Å²) in [5.41, 5.74) is -0.439. The predicted octanol–water partition coefficient (Wildman–Crippen LogP) is 5.46. The number of hydrogen-bond acceptors (Lipinski definition) is 4. The number of rotatable bonds is 6. The van der Waals surface area contributed by atoms with Crippen LogP contribution in [0.5, 0.6) is 5.75 Å². The molecule has 0 saturated carbocycles. The number of carbonyl (C=O) groups is 1. The highest BCUT2D eigenvalue weighted by molar-refractivity contribution is 5.95. The first kappa shape index (κ1) is 30.3. The van der Waals surface area contributed by atoms with E-state index in [0.29, 0.717) is 25.2 Å². The summed E-state index contributed by atoms with van der Waals surface area (Å²) in [6.45, 7) is 1.59. The zero-order valence-electron chi connectivity index (χ0n) is 21.1. The van der Waals surface area contributed by atoms with Crippen molar-refractivity contribution in [2.45, 2.75) is 31.4 Å². The summed E-state index contributed by atoms with van der Waals surface area (Å²) in [5, 5.41) is 4.15. The molecule has 2 aromatic carbocycles. The Hall–Kier alpha value is -3.25. The van der Waals surface area contributed by atoms with Gasteiger partial charge in [-0.2, -0.15) is 31.4 Å². The van der Waals surface area contributed by atoms with E-state index in [4.69, 9.17) is 4.74 Å². The van der Waals surface area contributed by atoms with E-state index in [-0.39, 0.29) is 36.7 Å². The average Bonchev–Trinajstić information content (AvgIpc) is 3.27. The van der Waals surface area contributed by atoms with Gasteiger partial charge >= 0.3 is 12.4 Å². The Balaban J connectivity index is 0.00000420. The third kappa shape index (κ3) is 7.45. The molecule has 1 fully saturated rings. The van der Waals surface area contributed by atoms with Crippen LogP contribution in [0.4, 0.5) is 26.3 Å². The Morgan fingerprint density at radius 3 is 2.21 bits per heavy atom. The van der Waals surface area contributed by atoms with Crippen LogP contribution in [-0.2, 0) is 32.4 Å². The van der Waals surface area contributed by atoms with Crippen molar-refractivity contribution in [1.82, 2.24) is 19.6 Å². The van der Waals surface area contributed by atoms with Gasteiger partial charge in [0.05, 0.1) is 24.4 Å². The molecule has 13 heteroatoms. The fourth-order valence-corrected chi connectivity index (χ4v) is 4.59. The zero-order chi connectivity index (χ0) is 27.7. The van der Waals surface area contributed by atoms with Crippen LogP contribution in [-0.4, -0.2) is 58.3 Å². The summed E-state index contributed by atoms with van der Waals surface area (Å²) in [7, 11) is 3.01. The highest BCUT2D eigenvalue weighted by Gasteiger charge is 2.35. The molecule has 6 nitrogen and oxygen atoms in total. The van der Waals surface area contributed by atoms with E-state index in [1.54, 1.807) is 17.9 Å². The SMILES string of the molecule is COc1cc(C(=O)N2CCN(Cc3cnn(C)c3)C[C@H]2Cc2ccc(C(F)(F)F)cc2)cc(C(F)(F)F)c1.Cl. The van der Waals surface area contributed by atoms with Gasteiger partial charge < -0.3 is 9.64 Å². The van der Waals surface area contributed by atoms with Gasteiger partial charge in [0.1, 0.15) is 5.75 Å². The van der Waals surface area contributed by atoms with E-state index in [1.165, 1.54) is 30.2 Å². The van der Waals surface area contributed by atoms with Crippen molar-refractivity contribution in [3.05, 3.63) is 82.7 Å². The normalized spacial score (nSPS) is 16.6. The number of aromatic nitrogens is 2. The molecule has 0 unspecified atom stereocenters. The second-order valence-corrected chi connectivity index (χ2v) is 9.26. The molecule has 1 aromatic heterocycles.